The molecule has 0 aliphatic carbocycles. The highest BCUT2D eigenvalue weighted by molar-refractivity contribution is 5.79. The number of alkyl halides is 3. The van der Waals surface area contributed by atoms with Crippen LogP contribution in [0.25, 0.3) is 0 Å². The van der Waals surface area contributed by atoms with Gasteiger partial charge in [0.2, 0.25) is 0 Å². The lowest BCUT2D eigenvalue weighted by atomic mass is 10.1. The van der Waals surface area contributed by atoms with Crippen LogP contribution in [0.3, 0.4) is 0 Å². The first kappa shape index (κ1) is 19.7. The normalized spacial score (nSPS) is 12.3. The average Bonchev–Trinajstić information content (AvgIpc) is 2.89. The molecule has 0 amide bonds. The summed E-state index contributed by atoms with van der Waals surface area (Å²) in [4.78, 5) is 3.98. The zero-order valence-corrected chi connectivity index (χ0v) is 14.7. The van der Waals surface area contributed by atoms with E-state index in [0.29, 0.717) is 25.0 Å². The van der Waals surface area contributed by atoms with Crippen LogP contribution in [0.2, 0.25) is 0 Å². The van der Waals surface area contributed by atoms with Gasteiger partial charge in [-0.05, 0) is 38.0 Å². The second kappa shape index (κ2) is 8.20. The number of benzene rings is 1. The third-order valence-corrected chi connectivity index (χ3v) is 3.90. The summed E-state index contributed by atoms with van der Waals surface area (Å²) in [5.41, 5.74) is 0.711. The molecule has 0 bridgehead atoms. The highest BCUT2D eigenvalue weighted by Gasteiger charge is 2.33. The quantitative estimate of drug-likeness (QED) is 0.480. The lowest BCUT2D eigenvalue weighted by Gasteiger charge is -2.16. The van der Waals surface area contributed by atoms with Crippen LogP contribution >= 0.6 is 0 Å². The summed E-state index contributed by atoms with van der Waals surface area (Å²) in [6.07, 6.45) is -3.99. The zero-order chi connectivity index (χ0) is 19.3. The summed E-state index contributed by atoms with van der Waals surface area (Å²) < 4.78 is 57.3. The Morgan fingerprint density at radius 3 is 2.54 bits per heavy atom. The second-order valence-electron chi connectivity index (χ2n) is 5.70. The third-order valence-electron chi connectivity index (χ3n) is 3.90. The molecule has 0 saturated heterocycles. The van der Waals surface area contributed by atoms with Gasteiger partial charge in [-0.1, -0.05) is 11.2 Å². The van der Waals surface area contributed by atoms with Crippen LogP contribution in [0, 0.1) is 19.7 Å². The van der Waals surface area contributed by atoms with Crippen LogP contribution in [-0.4, -0.2) is 24.7 Å². The Hall–Kier alpha value is -2.58. The number of hydrogen-bond donors (Lipinski definition) is 2. The van der Waals surface area contributed by atoms with Crippen LogP contribution in [0.15, 0.2) is 27.7 Å². The van der Waals surface area contributed by atoms with Gasteiger partial charge >= 0.3 is 6.18 Å². The predicted molar refractivity (Wildman–Crippen MR) is 89.3 cm³/mol. The highest BCUT2D eigenvalue weighted by Crippen LogP contribution is 2.32. The molecule has 0 unspecified atom stereocenters. The van der Waals surface area contributed by atoms with Crippen molar-refractivity contribution in [3.8, 4) is 0 Å². The van der Waals surface area contributed by atoms with E-state index in [0.717, 1.165) is 29.2 Å². The van der Waals surface area contributed by atoms with Gasteiger partial charge in [0, 0.05) is 25.7 Å². The number of aliphatic imine (C=N–C) groups is 1. The lowest BCUT2D eigenvalue weighted by Crippen LogP contribution is -2.38. The maximum Gasteiger partial charge on any atom is 0.416 e. The van der Waals surface area contributed by atoms with Gasteiger partial charge in [-0.2, -0.15) is 13.2 Å². The van der Waals surface area contributed by atoms with Gasteiger partial charge in [-0.25, -0.2) is 4.39 Å². The molecule has 0 aliphatic rings. The fourth-order valence-electron chi connectivity index (χ4n) is 2.53. The molecule has 0 radical (unpaired) electrons. The van der Waals surface area contributed by atoms with E-state index in [1.54, 1.807) is 0 Å². The first-order chi connectivity index (χ1) is 12.2. The maximum atomic E-state index is 13.1. The van der Waals surface area contributed by atoms with Crippen molar-refractivity contribution >= 4 is 5.96 Å². The molecule has 1 aromatic carbocycles. The van der Waals surface area contributed by atoms with E-state index in [2.05, 4.69) is 20.8 Å². The summed E-state index contributed by atoms with van der Waals surface area (Å²) in [7, 11) is 1.51. The van der Waals surface area contributed by atoms with Gasteiger partial charge in [0.1, 0.15) is 11.6 Å². The minimum absolute atomic E-state index is 0.0624. The number of nitrogens with zero attached hydrogens (tertiary/aromatic N) is 2. The number of hydrogen-bond acceptors (Lipinski definition) is 3. The van der Waals surface area contributed by atoms with Crippen LogP contribution in [-0.2, 0) is 19.1 Å². The first-order valence-corrected chi connectivity index (χ1v) is 7.94. The van der Waals surface area contributed by atoms with Crippen LogP contribution in [0.5, 0.6) is 0 Å². The fraction of sp³-hybridized carbons (Fsp3) is 0.412. The van der Waals surface area contributed by atoms with E-state index in [4.69, 9.17) is 4.52 Å². The van der Waals surface area contributed by atoms with Gasteiger partial charge in [0.05, 0.1) is 11.3 Å². The summed E-state index contributed by atoms with van der Waals surface area (Å²) in [6, 6.07) is 2.60. The van der Waals surface area contributed by atoms with Gasteiger partial charge in [-0.3, -0.25) is 4.99 Å². The Balaban J connectivity index is 1.95. The van der Waals surface area contributed by atoms with Crippen molar-refractivity contribution in [1.29, 1.82) is 0 Å². The average molecular weight is 372 g/mol. The summed E-state index contributed by atoms with van der Waals surface area (Å²) in [5, 5.41) is 9.68. The van der Waals surface area contributed by atoms with Crippen molar-refractivity contribution in [2.24, 2.45) is 4.99 Å². The second-order valence-corrected chi connectivity index (χ2v) is 5.70. The van der Waals surface area contributed by atoms with Crippen molar-refractivity contribution in [1.82, 2.24) is 15.8 Å². The highest BCUT2D eigenvalue weighted by atomic mass is 19.4. The van der Waals surface area contributed by atoms with Crippen LogP contribution in [0.1, 0.15) is 28.1 Å². The number of guanidine groups is 1. The Morgan fingerprint density at radius 2 is 1.96 bits per heavy atom. The van der Waals surface area contributed by atoms with Crippen molar-refractivity contribution in [2.45, 2.75) is 33.0 Å². The monoisotopic (exact) mass is 372 g/mol. The van der Waals surface area contributed by atoms with E-state index in [-0.39, 0.29) is 12.1 Å². The van der Waals surface area contributed by atoms with Gasteiger partial charge < -0.3 is 15.2 Å². The van der Waals surface area contributed by atoms with E-state index in [9.17, 15) is 17.6 Å². The Morgan fingerprint density at radius 1 is 1.23 bits per heavy atom. The lowest BCUT2D eigenvalue weighted by molar-refractivity contribution is -0.138. The zero-order valence-electron chi connectivity index (χ0n) is 14.7. The number of halogens is 4. The molecule has 0 fully saturated rings. The number of rotatable bonds is 5. The van der Waals surface area contributed by atoms with Crippen molar-refractivity contribution in [3.05, 3.63) is 52.2 Å². The summed E-state index contributed by atoms with van der Waals surface area (Å²) >= 11 is 0. The van der Waals surface area contributed by atoms with Crippen molar-refractivity contribution < 1.29 is 22.1 Å². The molecule has 1 heterocycles. The molecule has 2 N–H and O–H groups in total. The summed E-state index contributed by atoms with van der Waals surface area (Å²) in [5.74, 6) is 0.144. The minimum Gasteiger partial charge on any atom is -0.361 e. The minimum atomic E-state index is -4.63. The van der Waals surface area contributed by atoms with E-state index >= 15 is 0 Å². The Kier molecular flexibility index (Phi) is 6.23. The molecule has 0 aliphatic heterocycles. The van der Waals surface area contributed by atoms with Crippen LogP contribution in [0.4, 0.5) is 17.6 Å². The first-order valence-electron chi connectivity index (χ1n) is 7.94. The molecule has 0 saturated carbocycles. The van der Waals surface area contributed by atoms with E-state index < -0.39 is 17.6 Å². The maximum absolute atomic E-state index is 13.1. The van der Waals surface area contributed by atoms with Gasteiger partial charge in [-0.15, -0.1) is 0 Å². The molecule has 0 spiro atoms. The molecule has 0 atom stereocenters. The standard InChI is InChI=1S/C17H20F4N4O/c1-10-14(11(2)26-25-10)6-7-23-16(22-3)24-9-12-4-5-13(18)8-15(12)17(19,20)21/h4-5,8H,6-7,9H2,1-3H3,(H2,22,23,24). The van der Waals surface area contributed by atoms with Crippen molar-refractivity contribution in [2.75, 3.05) is 13.6 Å². The number of nitrogens with one attached hydrogen (secondary N) is 2. The fourth-order valence-corrected chi connectivity index (χ4v) is 2.53. The molecule has 5 nitrogen and oxygen atoms in total. The number of aromatic nitrogens is 1. The molecule has 142 valence electrons. The molecular formula is C17H20F4N4O. The van der Waals surface area contributed by atoms with E-state index in [1.807, 2.05) is 13.8 Å². The SMILES string of the molecule is CN=C(NCCc1c(C)noc1C)NCc1ccc(F)cc1C(F)(F)F. The molecule has 2 rings (SSSR count). The third kappa shape index (κ3) is 4.96. The molecule has 2 aromatic rings. The Labute approximate surface area is 148 Å². The molecular weight excluding hydrogens is 352 g/mol. The van der Waals surface area contributed by atoms with Gasteiger partial charge in [0.15, 0.2) is 5.96 Å². The largest absolute Gasteiger partial charge is 0.416 e. The Bertz CT molecular complexity index is 764. The van der Waals surface area contributed by atoms with Gasteiger partial charge in [0.25, 0.3) is 0 Å². The summed E-state index contributed by atoms with van der Waals surface area (Å²) in [6.45, 7) is 4.01. The predicted octanol–water partition coefficient (Wildman–Crippen LogP) is 3.36. The smallest absolute Gasteiger partial charge is 0.361 e. The van der Waals surface area contributed by atoms with E-state index in [1.165, 1.54) is 7.05 Å². The molecule has 1 aromatic heterocycles. The number of aryl methyl sites for hydroxylation is 2. The van der Waals surface area contributed by atoms with Crippen molar-refractivity contribution in [3.63, 3.8) is 0 Å². The molecule has 26 heavy (non-hydrogen) atoms. The van der Waals surface area contributed by atoms with Crippen LogP contribution < -0.4 is 10.6 Å². The molecule has 9 heteroatoms. The topological polar surface area (TPSA) is 62.5 Å².